The Hall–Kier alpha value is -1.72. The molecule has 0 spiro atoms. The standard InChI is InChI=1S/C15H27N5O/c1-10(2)13-12(16)14(19(4)18-13)17-11(3)15(21)20-8-6-5-7-9-20/h10-11,17H,5-9,16H2,1-4H3. The summed E-state index contributed by atoms with van der Waals surface area (Å²) in [6.45, 7) is 7.74. The zero-order valence-electron chi connectivity index (χ0n) is 13.5. The summed E-state index contributed by atoms with van der Waals surface area (Å²) in [6.07, 6.45) is 3.42. The largest absolute Gasteiger partial charge is 0.394 e. The van der Waals surface area contributed by atoms with E-state index in [1.165, 1.54) is 6.42 Å². The van der Waals surface area contributed by atoms with Gasteiger partial charge in [-0.05, 0) is 32.1 Å². The van der Waals surface area contributed by atoms with Crippen molar-refractivity contribution in [1.29, 1.82) is 0 Å². The molecule has 1 saturated heterocycles. The molecular weight excluding hydrogens is 266 g/mol. The van der Waals surface area contributed by atoms with E-state index in [1.807, 2.05) is 18.9 Å². The number of aryl methyl sites for hydroxylation is 1. The monoisotopic (exact) mass is 293 g/mol. The van der Waals surface area contributed by atoms with Crippen molar-refractivity contribution < 1.29 is 4.79 Å². The Labute approximate surface area is 126 Å². The summed E-state index contributed by atoms with van der Waals surface area (Å²) in [5.74, 6) is 1.14. The van der Waals surface area contributed by atoms with Crippen LogP contribution in [0.1, 0.15) is 51.6 Å². The zero-order chi connectivity index (χ0) is 15.6. The lowest BCUT2D eigenvalue weighted by atomic mass is 10.1. The number of nitrogen functional groups attached to an aromatic ring is 1. The summed E-state index contributed by atoms with van der Waals surface area (Å²) in [4.78, 5) is 14.4. The van der Waals surface area contributed by atoms with Crippen molar-refractivity contribution in [1.82, 2.24) is 14.7 Å². The van der Waals surface area contributed by atoms with Crippen LogP contribution in [0.3, 0.4) is 0 Å². The van der Waals surface area contributed by atoms with Crippen LogP contribution in [0.2, 0.25) is 0 Å². The van der Waals surface area contributed by atoms with E-state index >= 15 is 0 Å². The maximum Gasteiger partial charge on any atom is 0.244 e. The lowest BCUT2D eigenvalue weighted by molar-refractivity contribution is -0.132. The van der Waals surface area contributed by atoms with Gasteiger partial charge in [0, 0.05) is 20.1 Å². The van der Waals surface area contributed by atoms with Crippen LogP contribution in [0, 0.1) is 0 Å². The van der Waals surface area contributed by atoms with Crippen LogP contribution in [0.15, 0.2) is 0 Å². The van der Waals surface area contributed by atoms with Gasteiger partial charge in [0.1, 0.15) is 11.9 Å². The second kappa shape index (κ2) is 6.37. The molecule has 1 fully saturated rings. The molecule has 2 rings (SSSR count). The number of anilines is 2. The van der Waals surface area contributed by atoms with Gasteiger partial charge in [0.2, 0.25) is 5.91 Å². The van der Waals surface area contributed by atoms with E-state index in [9.17, 15) is 4.79 Å². The van der Waals surface area contributed by atoms with E-state index in [1.54, 1.807) is 4.68 Å². The van der Waals surface area contributed by atoms with E-state index in [0.29, 0.717) is 5.69 Å². The van der Waals surface area contributed by atoms with Gasteiger partial charge >= 0.3 is 0 Å². The fourth-order valence-corrected chi connectivity index (χ4v) is 2.81. The van der Waals surface area contributed by atoms with Gasteiger partial charge in [-0.1, -0.05) is 13.8 Å². The number of carbonyl (C=O) groups is 1. The van der Waals surface area contributed by atoms with Crippen LogP contribution in [-0.2, 0) is 11.8 Å². The number of nitrogens with zero attached hydrogens (tertiary/aromatic N) is 3. The maximum absolute atomic E-state index is 12.5. The summed E-state index contributed by atoms with van der Waals surface area (Å²) in [5.41, 5.74) is 7.68. The minimum atomic E-state index is -0.291. The van der Waals surface area contributed by atoms with Crippen molar-refractivity contribution in [2.45, 2.75) is 52.0 Å². The van der Waals surface area contributed by atoms with Gasteiger partial charge in [-0.25, -0.2) is 0 Å². The van der Waals surface area contributed by atoms with Crippen LogP contribution in [0.5, 0.6) is 0 Å². The molecule has 6 heteroatoms. The summed E-state index contributed by atoms with van der Waals surface area (Å²) in [7, 11) is 1.85. The number of nitrogens with one attached hydrogen (secondary N) is 1. The SMILES string of the molecule is CC(Nc1c(N)c(C(C)C)nn1C)C(=O)N1CCCCC1. The van der Waals surface area contributed by atoms with E-state index < -0.39 is 0 Å². The number of nitrogens with two attached hydrogens (primary N) is 1. The molecule has 118 valence electrons. The smallest absolute Gasteiger partial charge is 0.244 e. The Morgan fingerprint density at radius 1 is 1.24 bits per heavy atom. The highest BCUT2D eigenvalue weighted by Crippen LogP contribution is 2.28. The van der Waals surface area contributed by atoms with E-state index in [-0.39, 0.29) is 17.9 Å². The van der Waals surface area contributed by atoms with Gasteiger partial charge in [0.25, 0.3) is 0 Å². The molecular formula is C15H27N5O. The molecule has 1 aliphatic heterocycles. The first kappa shape index (κ1) is 15.7. The molecule has 0 aliphatic carbocycles. The van der Waals surface area contributed by atoms with Crippen molar-refractivity contribution in [2.75, 3.05) is 24.1 Å². The first-order chi connectivity index (χ1) is 9.91. The predicted molar refractivity (Wildman–Crippen MR) is 85.2 cm³/mol. The molecule has 1 aromatic heterocycles. The average Bonchev–Trinajstić information content (AvgIpc) is 2.75. The van der Waals surface area contributed by atoms with Crippen LogP contribution in [0.25, 0.3) is 0 Å². The maximum atomic E-state index is 12.5. The molecule has 1 amide bonds. The molecule has 2 heterocycles. The van der Waals surface area contributed by atoms with Gasteiger partial charge < -0.3 is 16.0 Å². The lowest BCUT2D eigenvalue weighted by Gasteiger charge is -2.29. The Balaban J connectivity index is 2.08. The zero-order valence-corrected chi connectivity index (χ0v) is 13.5. The summed E-state index contributed by atoms with van der Waals surface area (Å²) in [5, 5.41) is 7.67. The first-order valence-electron chi connectivity index (χ1n) is 7.79. The molecule has 6 nitrogen and oxygen atoms in total. The lowest BCUT2D eigenvalue weighted by Crippen LogP contribution is -2.44. The number of aromatic nitrogens is 2. The normalized spacial score (nSPS) is 17.1. The number of amides is 1. The van der Waals surface area contributed by atoms with E-state index in [2.05, 4.69) is 24.3 Å². The summed E-state index contributed by atoms with van der Waals surface area (Å²) >= 11 is 0. The Kier molecular flexibility index (Phi) is 4.75. The van der Waals surface area contributed by atoms with Gasteiger partial charge in [-0.3, -0.25) is 9.48 Å². The molecule has 0 radical (unpaired) electrons. The molecule has 1 aliphatic rings. The highest BCUT2D eigenvalue weighted by molar-refractivity contribution is 5.85. The van der Waals surface area contributed by atoms with Gasteiger partial charge in [0.05, 0.1) is 11.4 Å². The van der Waals surface area contributed by atoms with Crippen molar-refractivity contribution in [2.24, 2.45) is 7.05 Å². The number of hydrogen-bond acceptors (Lipinski definition) is 4. The van der Waals surface area contributed by atoms with E-state index in [0.717, 1.165) is 37.4 Å². The molecule has 0 aromatic carbocycles. The Morgan fingerprint density at radius 2 is 1.86 bits per heavy atom. The van der Waals surface area contributed by atoms with Crippen LogP contribution in [-0.4, -0.2) is 39.7 Å². The van der Waals surface area contributed by atoms with Crippen molar-refractivity contribution >= 4 is 17.4 Å². The van der Waals surface area contributed by atoms with Gasteiger partial charge in [-0.2, -0.15) is 5.10 Å². The molecule has 0 bridgehead atoms. The molecule has 1 atom stereocenters. The third-order valence-corrected chi connectivity index (χ3v) is 4.05. The topological polar surface area (TPSA) is 76.2 Å². The van der Waals surface area contributed by atoms with Crippen LogP contribution in [0.4, 0.5) is 11.5 Å². The highest BCUT2D eigenvalue weighted by atomic mass is 16.2. The van der Waals surface area contributed by atoms with Crippen LogP contribution >= 0.6 is 0 Å². The van der Waals surface area contributed by atoms with Crippen molar-refractivity contribution in [3.63, 3.8) is 0 Å². The average molecular weight is 293 g/mol. The third kappa shape index (κ3) is 3.31. The molecule has 3 N–H and O–H groups in total. The second-order valence-corrected chi connectivity index (χ2v) is 6.18. The Bertz CT molecular complexity index is 502. The second-order valence-electron chi connectivity index (χ2n) is 6.18. The number of hydrogen-bond donors (Lipinski definition) is 2. The minimum Gasteiger partial charge on any atom is -0.394 e. The number of rotatable bonds is 4. The van der Waals surface area contributed by atoms with Crippen LogP contribution < -0.4 is 11.1 Å². The number of likely N-dealkylation sites (tertiary alicyclic amines) is 1. The minimum absolute atomic E-state index is 0.140. The molecule has 0 saturated carbocycles. The molecule has 1 aromatic rings. The first-order valence-corrected chi connectivity index (χ1v) is 7.79. The fraction of sp³-hybridized carbons (Fsp3) is 0.733. The summed E-state index contributed by atoms with van der Waals surface area (Å²) < 4.78 is 1.73. The Morgan fingerprint density at radius 3 is 2.38 bits per heavy atom. The third-order valence-electron chi connectivity index (χ3n) is 4.05. The van der Waals surface area contributed by atoms with Crippen molar-refractivity contribution in [3.8, 4) is 0 Å². The number of piperidine rings is 1. The highest BCUT2D eigenvalue weighted by Gasteiger charge is 2.24. The predicted octanol–water partition coefficient (Wildman–Crippen LogP) is 1.94. The van der Waals surface area contributed by atoms with Gasteiger partial charge in [0.15, 0.2) is 0 Å². The van der Waals surface area contributed by atoms with E-state index in [4.69, 9.17) is 5.73 Å². The summed E-state index contributed by atoms with van der Waals surface area (Å²) in [6, 6.07) is -0.291. The quantitative estimate of drug-likeness (QED) is 0.889. The molecule has 21 heavy (non-hydrogen) atoms. The number of carbonyl (C=O) groups excluding carboxylic acids is 1. The fourth-order valence-electron chi connectivity index (χ4n) is 2.81. The van der Waals surface area contributed by atoms with Gasteiger partial charge in [-0.15, -0.1) is 0 Å². The molecule has 1 unspecified atom stereocenters. The van der Waals surface area contributed by atoms with Crippen molar-refractivity contribution in [3.05, 3.63) is 5.69 Å².